The quantitative estimate of drug-likeness (QED) is 0.101. The number of rotatable bonds is 12. The van der Waals surface area contributed by atoms with Gasteiger partial charge in [0, 0.05) is 0 Å². The molecule has 48 heavy (non-hydrogen) atoms. The van der Waals surface area contributed by atoms with E-state index < -0.39 is 0 Å². The van der Waals surface area contributed by atoms with Crippen LogP contribution in [0.2, 0.25) is 0 Å². The van der Waals surface area contributed by atoms with Gasteiger partial charge >= 0.3 is 0 Å². The first-order chi connectivity index (χ1) is 23.2. The number of phenols is 4. The van der Waals surface area contributed by atoms with Gasteiger partial charge in [0.05, 0.1) is 39.2 Å². The number of fused-ring (bicyclic) bond motifs is 8. The molecule has 0 radical (unpaired) electrons. The van der Waals surface area contributed by atoms with E-state index in [4.69, 9.17) is 0 Å². The molecule has 1 heterocycles. The van der Waals surface area contributed by atoms with Crippen molar-refractivity contribution in [1.82, 2.24) is 0 Å². The molecule has 0 aromatic heterocycles. The van der Waals surface area contributed by atoms with E-state index in [0.717, 1.165) is 99.3 Å². The fourth-order valence-corrected chi connectivity index (χ4v) is 10.3. The summed E-state index contributed by atoms with van der Waals surface area (Å²) in [7, 11) is 0. The van der Waals surface area contributed by atoms with E-state index in [1.165, 1.54) is 47.0 Å². The van der Waals surface area contributed by atoms with Gasteiger partial charge in [-0.05, 0) is 122 Å². The molecule has 8 bridgehead atoms. The first-order valence-electron chi connectivity index (χ1n) is 17.4. The van der Waals surface area contributed by atoms with Gasteiger partial charge in [0.25, 0.3) is 0 Å². The molecule has 0 atom stereocenters. The van der Waals surface area contributed by atoms with Crippen LogP contribution in [-0.4, -0.2) is 20.4 Å². The second kappa shape index (κ2) is 17.4. The zero-order valence-electron chi connectivity index (χ0n) is 28.5. The maximum Gasteiger partial charge on any atom is 0.143 e. The van der Waals surface area contributed by atoms with E-state index >= 15 is 0 Å². The number of unbranched alkanes of at least 4 members (excludes halogenated alkanes) is 4. The van der Waals surface area contributed by atoms with Gasteiger partial charge in [-0.3, -0.25) is 0 Å². The molecule has 1 aliphatic rings. The molecule has 0 saturated carbocycles. The second-order valence-corrected chi connectivity index (χ2v) is 16.9. The molecule has 0 amide bonds. The summed E-state index contributed by atoms with van der Waals surface area (Å²) >= 11 is 5.52. The minimum absolute atomic E-state index is 0.154. The van der Waals surface area contributed by atoms with Crippen molar-refractivity contribution in [2.24, 2.45) is 0 Å². The zero-order chi connectivity index (χ0) is 34.2. The normalized spacial score (nSPS) is 12.8. The molecule has 256 valence electrons. The van der Waals surface area contributed by atoms with Crippen molar-refractivity contribution in [3.63, 3.8) is 0 Å². The molecular formula is C40H48O4S4. The van der Waals surface area contributed by atoms with Crippen molar-refractivity contribution < 1.29 is 20.4 Å². The molecular weight excluding hydrogens is 673 g/mol. The van der Waals surface area contributed by atoms with Gasteiger partial charge in [0.1, 0.15) is 23.0 Å². The lowest BCUT2D eigenvalue weighted by molar-refractivity contribution is 0.443. The summed E-state index contributed by atoms with van der Waals surface area (Å²) in [5.41, 5.74) is 4.47. The lowest BCUT2D eigenvalue weighted by atomic mass is 10.1. The van der Waals surface area contributed by atoms with Crippen molar-refractivity contribution in [2.75, 3.05) is 0 Å². The van der Waals surface area contributed by atoms with Crippen LogP contribution in [0.4, 0.5) is 0 Å². The number of benzene rings is 4. The Balaban J connectivity index is 1.76. The minimum atomic E-state index is 0.154. The lowest BCUT2D eigenvalue weighted by Crippen LogP contribution is -1.94. The highest BCUT2D eigenvalue weighted by atomic mass is 32.2. The minimum Gasteiger partial charge on any atom is -0.506 e. The van der Waals surface area contributed by atoms with E-state index in [2.05, 4.69) is 27.7 Å². The Hall–Kier alpha value is -2.52. The van der Waals surface area contributed by atoms with Crippen LogP contribution in [-0.2, 0) is 25.7 Å². The third-order valence-electron chi connectivity index (χ3n) is 8.55. The largest absolute Gasteiger partial charge is 0.506 e. The van der Waals surface area contributed by atoms with E-state index in [0.29, 0.717) is 39.2 Å². The Morgan fingerprint density at radius 1 is 0.333 bits per heavy atom. The maximum atomic E-state index is 11.8. The molecule has 8 heteroatoms. The molecule has 4 aromatic carbocycles. The van der Waals surface area contributed by atoms with Crippen LogP contribution in [0.3, 0.4) is 0 Å². The van der Waals surface area contributed by atoms with E-state index in [1.807, 2.05) is 48.5 Å². The Labute approximate surface area is 303 Å². The average molecular weight is 721 g/mol. The molecule has 0 saturated heterocycles. The lowest BCUT2D eigenvalue weighted by Gasteiger charge is -2.19. The first-order valence-corrected chi connectivity index (χ1v) is 20.7. The Morgan fingerprint density at radius 3 is 0.646 bits per heavy atom. The van der Waals surface area contributed by atoms with Crippen molar-refractivity contribution in [3.05, 3.63) is 70.8 Å². The molecule has 4 N–H and O–H groups in total. The van der Waals surface area contributed by atoms with Gasteiger partial charge in [0.15, 0.2) is 0 Å². The topological polar surface area (TPSA) is 80.9 Å². The molecule has 0 fully saturated rings. The van der Waals surface area contributed by atoms with Gasteiger partial charge in [-0.25, -0.2) is 0 Å². The summed E-state index contributed by atoms with van der Waals surface area (Å²) < 4.78 is 0. The highest BCUT2D eigenvalue weighted by Gasteiger charge is 2.23. The number of hydrogen-bond acceptors (Lipinski definition) is 8. The van der Waals surface area contributed by atoms with Gasteiger partial charge < -0.3 is 20.4 Å². The predicted molar refractivity (Wildman–Crippen MR) is 203 cm³/mol. The fourth-order valence-electron chi connectivity index (χ4n) is 5.74. The first kappa shape index (κ1) is 36.8. The van der Waals surface area contributed by atoms with Crippen LogP contribution < -0.4 is 0 Å². The summed E-state index contributed by atoms with van der Waals surface area (Å²) in [5.74, 6) is 0.614. The molecule has 4 aromatic rings. The maximum absolute atomic E-state index is 11.8. The van der Waals surface area contributed by atoms with Crippen LogP contribution in [0.25, 0.3) is 0 Å². The summed E-state index contributed by atoms with van der Waals surface area (Å²) in [6.45, 7) is 8.70. The number of aromatic hydroxyl groups is 4. The van der Waals surface area contributed by atoms with Crippen LogP contribution >= 0.6 is 47.0 Å². The smallest absolute Gasteiger partial charge is 0.143 e. The van der Waals surface area contributed by atoms with Gasteiger partial charge in [-0.15, -0.1) is 0 Å². The number of hydrogen-bond donors (Lipinski definition) is 4. The van der Waals surface area contributed by atoms with Gasteiger partial charge in [0.2, 0.25) is 0 Å². The Kier molecular flexibility index (Phi) is 13.3. The van der Waals surface area contributed by atoms with Crippen molar-refractivity contribution in [3.8, 4) is 23.0 Å². The summed E-state index contributed by atoms with van der Waals surface area (Å²) in [5, 5.41) is 47.1. The van der Waals surface area contributed by atoms with Gasteiger partial charge in [-0.1, -0.05) is 100 Å². The predicted octanol–water partition coefficient (Wildman–Crippen LogP) is 12.8. The van der Waals surface area contributed by atoms with Crippen molar-refractivity contribution >= 4 is 47.0 Å². The highest BCUT2D eigenvalue weighted by molar-refractivity contribution is 8.01. The van der Waals surface area contributed by atoms with E-state index in [-0.39, 0.29) is 23.0 Å². The monoisotopic (exact) mass is 720 g/mol. The third kappa shape index (κ3) is 8.98. The van der Waals surface area contributed by atoms with Crippen LogP contribution in [0, 0.1) is 0 Å². The molecule has 0 unspecified atom stereocenters. The molecule has 0 aliphatic carbocycles. The molecule has 5 rings (SSSR count). The second-order valence-electron chi connectivity index (χ2n) is 12.6. The van der Waals surface area contributed by atoms with Crippen molar-refractivity contribution in [2.45, 2.75) is 144 Å². The Morgan fingerprint density at radius 2 is 0.500 bits per heavy atom. The summed E-state index contributed by atoms with van der Waals surface area (Å²) in [4.78, 5) is 5.44. The van der Waals surface area contributed by atoms with E-state index in [1.54, 1.807) is 0 Å². The van der Waals surface area contributed by atoms with Crippen LogP contribution in [0.5, 0.6) is 23.0 Å². The molecule has 1 aliphatic heterocycles. The SMILES string of the molecule is CCCCc1cc2c(O)c(c1)Sc1cc(CCCC)cc(c1O)Sc1cc(CCCC)cc(c1O)Sc1cc(CCCC)cc(c1O)S2. The summed E-state index contributed by atoms with van der Waals surface area (Å²) in [6.07, 6.45) is 11.8. The summed E-state index contributed by atoms with van der Waals surface area (Å²) in [6, 6.07) is 16.3. The molecule has 0 spiro atoms. The van der Waals surface area contributed by atoms with Crippen LogP contribution in [0.1, 0.15) is 101 Å². The number of phenolic OH excluding ortho intramolecular Hbond substituents is 4. The third-order valence-corrected chi connectivity index (χ3v) is 12.8. The highest BCUT2D eigenvalue weighted by Crippen LogP contribution is 2.53. The number of aryl methyl sites for hydroxylation is 4. The van der Waals surface area contributed by atoms with Crippen molar-refractivity contribution in [1.29, 1.82) is 0 Å². The average Bonchev–Trinajstić information content (AvgIpc) is 3.07. The standard InChI is InChI=1S/C40H48O4S4/c1-5-9-13-25-17-29-37(41)30(18-25)46-32-20-27(15-11-7-3)22-34(39(32)43)48-36-24-28(16-12-8-4)23-35(40(36)44)47-33-21-26(14-10-6-2)19-31(45-29)38(33)42/h17-24,41-44H,5-16H2,1-4H3. The van der Waals surface area contributed by atoms with Crippen LogP contribution in [0.15, 0.2) is 87.7 Å². The van der Waals surface area contributed by atoms with Gasteiger partial charge in [-0.2, -0.15) is 0 Å². The fraction of sp³-hybridized carbons (Fsp3) is 0.400. The van der Waals surface area contributed by atoms with E-state index in [9.17, 15) is 20.4 Å². The molecule has 4 nitrogen and oxygen atoms in total. The zero-order valence-corrected chi connectivity index (χ0v) is 31.8. The Bertz CT molecular complexity index is 1390.